The van der Waals surface area contributed by atoms with E-state index in [0.29, 0.717) is 17.1 Å². The maximum atomic E-state index is 5.77. The fourth-order valence-electron chi connectivity index (χ4n) is 2.61. The molecule has 6 heteroatoms. The van der Waals surface area contributed by atoms with Crippen LogP contribution in [0.2, 0.25) is 0 Å². The molecule has 0 unspecified atom stereocenters. The van der Waals surface area contributed by atoms with Gasteiger partial charge in [0.25, 0.3) is 0 Å². The average Bonchev–Trinajstić information content (AvgIpc) is 3.04. The minimum Gasteiger partial charge on any atom is -0.434 e. The Morgan fingerprint density at radius 1 is 0.960 bits per heavy atom. The number of aryl methyl sites for hydroxylation is 2. The number of pyridine rings is 2. The zero-order valence-corrected chi connectivity index (χ0v) is 14.7. The van der Waals surface area contributed by atoms with Gasteiger partial charge in [-0.1, -0.05) is 6.07 Å². The SMILES string of the molecule is Cc1cc(C)cc(SNc2cc(-c3nc4ncccc4o3)ccn2)c1. The van der Waals surface area contributed by atoms with Gasteiger partial charge in [0, 0.05) is 22.9 Å². The third kappa shape index (κ3) is 3.49. The van der Waals surface area contributed by atoms with Crippen LogP contribution in [0.3, 0.4) is 0 Å². The molecule has 0 aliphatic rings. The lowest BCUT2D eigenvalue weighted by atomic mass is 10.2. The minimum absolute atomic E-state index is 0.538. The van der Waals surface area contributed by atoms with Gasteiger partial charge in [0.1, 0.15) is 5.82 Å². The van der Waals surface area contributed by atoms with E-state index < -0.39 is 0 Å². The molecule has 0 saturated carbocycles. The molecule has 0 aliphatic heterocycles. The first-order chi connectivity index (χ1) is 12.2. The summed E-state index contributed by atoms with van der Waals surface area (Å²) in [5, 5.41) is 0. The summed E-state index contributed by atoms with van der Waals surface area (Å²) in [7, 11) is 0. The van der Waals surface area contributed by atoms with Crippen molar-refractivity contribution in [2.75, 3.05) is 4.72 Å². The van der Waals surface area contributed by atoms with Crippen LogP contribution in [0.5, 0.6) is 0 Å². The van der Waals surface area contributed by atoms with Gasteiger partial charge >= 0.3 is 0 Å². The number of anilines is 1. The third-order valence-corrected chi connectivity index (χ3v) is 4.42. The number of hydrogen-bond acceptors (Lipinski definition) is 6. The van der Waals surface area contributed by atoms with Crippen LogP contribution in [0.4, 0.5) is 5.82 Å². The van der Waals surface area contributed by atoms with Gasteiger partial charge in [-0.25, -0.2) is 9.97 Å². The van der Waals surface area contributed by atoms with E-state index in [0.717, 1.165) is 16.3 Å². The Morgan fingerprint density at radius 3 is 2.60 bits per heavy atom. The first kappa shape index (κ1) is 15.7. The van der Waals surface area contributed by atoms with Crippen molar-refractivity contribution in [3.63, 3.8) is 0 Å². The van der Waals surface area contributed by atoms with Crippen molar-refractivity contribution in [3.8, 4) is 11.5 Å². The highest BCUT2D eigenvalue weighted by atomic mass is 32.2. The van der Waals surface area contributed by atoms with Crippen LogP contribution >= 0.6 is 11.9 Å². The molecule has 0 atom stereocenters. The lowest BCUT2D eigenvalue weighted by molar-refractivity contribution is 0.619. The molecule has 3 aromatic heterocycles. The second-order valence-electron chi connectivity index (χ2n) is 5.80. The number of fused-ring (bicyclic) bond motifs is 1. The third-order valence-electron chi connectivity index (χ3n) is 3.64. The van der Waals surface area contributed by atoms with Crippen molar-refractivity contribution in [1.82, 2.24) is 15.0 Å². The van der Waals surface area contributed by atoms with Gasteiger partial charge in [0.05, 0.1) is 0 Å². The molecule has 5 nitrogen and oxygen atoms in total. The Balaban J connectivity index is 1.56. The highest BCUT2D eigenvalue weighted by molar-refractivity contribution is 8.00. The van der Waals surface area contributed by atoms with Crippen molar-refractivity contribution in [1.29, 1.82) is 0 Å². The standard InChI is InChI=1S/C19H16N4OS/c1-12-8-13(2)10-15(9-12)25-23-17-11-14(5-7-20-17)19-22-18-16(24-19)4-3-6-21-18/h3-11H,1-2H3,(H,20,23). The van der Waals surface area contributed by atoms with Gasteiger partial charge < -0.3 is 9.14 Å². The predicted octanol–water partition coefficient (Wildman–Crippen LogP) is 5.02. The Hall–Kier alpha value is -2.86. The van der Waals surface area contributed by atoms with Gasteiger partial charge in [-0.15, -0.1) is 0 Å². The highest BCUT2D eigenvalue weighted by Gasteiger charge is 2.09. The smallest absolute Gasteiger partial charge is 0.229 e. The van der Waals surface area contributed by atoms with Crippen LogP contribution < -0.4 is 4.72 Å². The van der Waals surface area contributed by atoms with Crippen molar-refractivity contribution in [2.24, 2.45) is 0 Å². The molecule has 4 rings (SSSR count). The number of nitrogens with one attached hydrogen (secondary N) is 1. The molecule has 0 spiro atoms. The van der Waals surface area contributed by atoms with Crippen molar-refractivity contribution >= 4 is 29.0 Å². The summed E-state index contributed by atoms with van der Waals surface area (Å²) < 4.78 is 9.05. The molecule has 1 aromatic carbocycles. The molecule has 124 valence electrons. The zero-order chi connectivity index (χ0) is 17.2. The molecule has 0 saturated heterocycles. The van der Waals surface area contributed by atoms with Crippen LogP contribution in [0.15, 0.2) is 64.2 Å². The number of aromatic nitrogens is 3. The second-order valence-corrected chi connectivity index (χ2v) is 6.68. The molecule has 1 N–H and O–H groups in total. The quantitative estimate of drug-likeness (QED) is 0.522. The Bertz CT molecular complexity index is 991. The Morgan fingerprint density at radius 2 is 1.80 bits per heavy atom. The largest absolute Gasteiger partial charge is 0.434 e. The summed E-state index contributed by atoms with van der Waals surface area (Å²) >= 11 is 1.53. The Kier molecular flexibility index (Phi) is 4.11. The molecular weight excluding hydrogens is 332 g/mol. The van der Waals surface area contributed by atoms with Gasteiger partial charge in [-0.2, -0.15) is 4.98 Å². The first-order valence-corrected chi connectivity index (χ1v) is 8.68. The van der Waals surface area contributed by atoms with Crippen LogP contribution in [-0.2, 0) is 0 Å². The van der Waals surface area contributed by atoms with Crippen LogP contribution in [0.1, 0.15) is 11.1 Å². The van der Waals surface area contributed by atoms with Crippen LogP contribution in [0, 0.1) is 13.8 Å². The number of benzene rings is 1. The summed E-state index contributed by atoms with van der Waals surface area (Å²) in [5.74, 6) is 1.28. The summed E-state index contributed by atoms with van der Waals surface area (Å²) in [4.78, 5) is 14.1. The van der Waals surface area contributed by atoms with Crippen molar-refractivity contribution in [2.45, 2.75) is 18.7 Å². The predicted molar refractivity (Wildman–Crippen MR) is 100 cm³/mol. The molecule has 25 heavy (non-hydrogen) atoms. The maximum absolute atomic E-state index is 5.77. The molecule has 0 radical (unpaired) electrons. The fraction of sp³-hybridized carbons (Fsp3) is 0.105. The molecule has 3 heterocycles. The van der Waals surface area contributed by atoms with E-state index in [9.17, 15) is 0 Å². The number of rotatable bonds is 4. The summed E-state index contributed by atoms with van der Waals surface area (Å²) in [6.07, 6.45) is 3.44. The molecule has 0 amide bonds. The van der Waals surface area contributed by atoms with E-state index in [2.05, 4.69) is 51.7 Å². The topological polar surface area (TPSA) is 63.8 Å². The highest BCUT2D eigenvalue weighted by Crippen LogP contribution is 2.27. The maximum Gasteiger partial charge on any atom is 0.229 e. The number of oxazole rings is 1. The lowest BCUT2D eigenvalue weighted by Gasteiger charge is -2.07. The summed E-state index contributed by atoms with van der Waals surface area (Å²) in [6, 6.07) is 13.9. The van der Waals surface area contributed by atoms with Gasteiger partial charge in [-0.3, -0.25) is 0 Å². The van der Waals surface area contributed by atoms with E-state index in [1.54, 1.807) is 12.4 Å². The monoisotopic (exact) mass is 348 g/mol. The molecule has 0 fully saturated rings. The van der Waals surface area contributed by atoms with Crippen LogP contribution in [-0.4, -0.2) is 15.0 Å². The van der Waals surface area contributed by atoms with E-state index >= 15 is 0 Å². The van der Waals surface area contributed by atoms with E-state index in [-0.39, 0.29) is 0 Å². The lowest BCUT2D eigenvalue weighted by Crippen LogP contribution is -1.92. The molecule has 0 bridgehead atoms. The normalized spacial score (nSPS) is 11.0. The van der Waals surface area contributed by atoms with E-state index in [4.69, 9.17) is 4.42 Å². The molecule has 4 aromatic rings. The minimum atomic E-state index is 0.538. The summed E-state index contributed by atoms with van der Waals surface area (Å²) in [5.41, 5.74) is 4.62. The second kappa shape index (κ2) is 6.57. The average molecular weight is 348 g/mol. The van der Waals surface area contributed by atoms with Gasteiger partial charge in [-0.05, 0) is 73.3 Å². The van der Waals surface area contributed by atoms with Gasteiger partial charge in [0.15, 0.2) is 11.2 Å². The van der Waals surface area contributed by atoms with Gasteiger partial charge in [0.2, 0.25) is 5.89 Å². The number of hydrogen-bond donors (Lipinski definition) is 1. The zero-order valence-electron chi connectivity index (χ0n) is 13.9. The van der Waals surface area contributed by atoms with Crippen molar-refractivity contribution < 1.29 is 4.42 Å². The van der Waals surface area contributed by atoms with E-state index in [1.165, 1.54) is 23.1 Å². The first-order valence-electron chi connectivity index (χ1n) is 7.86. The molecular formula is C19H16N4OS. The van der Waals surface area contributed by atoms with Crippen molar-refractivity contribution in [3.05, 3.63) is 66.0 Å². The number of nitrogens with zero attached hydrogens (tertiary/aromatic N) is 3. The van der Waals surface area contributed by atoms with Crippen LogP contribution in [0.25, 0.3) is 22.7 Å². The Labute approximate surface area is 149 Å². The van der Waals surface area contributed by atoms with E-state index in [1.807, 2.05) is 24.3 Å². The molecule has 0 aliphatic carbocycles. The fourth-order valence-corrected chi connectivity index (χ4v) is 3.44. The summed E-state index contributed by atoms with van der Waals surface area (Å²) in [6.45, 7) is 4.19.